The molecule has 1 aromatic heterocycles. The molecule has 0 radical (unpaired) electrons. The van der Waals surface area contributed by atoms with Crippen LogP contribution in [0.5, 0.6) is 5.75 Å². The number of pyridine rings is 1. The lowest BCUT2D eigenvalue weighted by Crippen LogP contribution is -2.23. The summed E-state index contributed by atoms with van der Waals surface area (Å²) in [6, 6.07) is 8.69. The third-order valence-electron chi connectivity index (χ3n) is 3.20. The number of nitrogens with one attached hydrogen (secondary N) is 1. The molecule has 2 N–H and O–H groups in total. The van der Waals surface area contributed by atoms with Crippen LogP contribution in [0.4, 0.5) is 4.39 Å². The molecule has 2 aromatic rings. The van der Waals surface area contributed by atoms with Gasteiger partial charge in [-0.1, -0.05) is 18.2 Å². The van der Waals surface area contributed by atoms with Crippen LogP contribution < -0.4 is 10.1 Å². The number of carbonyl (C=O) groups excluding carboxylic acids is 1. The molecule has 0 spiro atoms. The minimum absolute atomic E-state index is 0.0671. The highest BCUT2D eigenvalue weighted by atomic mass is 19.1. The topological polar surface area (TPSA) is 71.5 Å². The first-order valence-electron chi connectivity index (χ1n) is 7.36. The van der Waals surface area contributed by atoms with Gasteiger partial charge in [0.1, 0.15) is 18.2 Å². The fraction of sp³-hybridized carbons (Fsp3) is 0.294. The number of ether oxygens (including phenoxy) is 1. The predicted octanol–water partition coefficient (Wildman–Crippen LogP) is 1.84. The van der Waals surface area contributed by atoms with Crippen molar-refractivity contribution in [2.45, 2.75) is 19.4 Å². The number of nitrogens with zero attached hydrogens (tertiary/aromatic N) is 1. The van der Waals surface area contributed by atoms with Crippen molar-refractivity contribution in [1.82, 2.24) is 10.3 Å². The zero-order valence-electron chi connectivity index (χ0n) is 12.7. The molecule has 1 aromatic carbocycles. The fourth-order valence-corrected chi connectivity index (χ4v) is 2.08. The summed E-state index contributed by atoms with van der Waals surface area (Å²) in [6.07, 6.45) is 3.37. The third kappa shape index (κ3) is 5.67. The van der Waals surface area contributed by atoms with E-state index in [-0.39, 0.29) is 25.5 Å². The minimum atomic E-state index is -0.405. The van der Waals surface area contributed by atoms with Gasteiger partial charge in [0.2, 0.25) is 5.91 Å². The van der Waals surface area contributed by atoms with Gasteiger partial charge < -0.3 is 15.2 Å². The van der Waals surface area contributed by atoms with Crippen LogP contribution in [0, 0.1) is 5.82 Å². The summed E-state index contributed by atoms with van der Waals surface area (Å²) in [7, 11) is 0. The van der Waals surface area contributed by atoms with E-state index in [2.05, 4.69) is 10.3 Å². The highest BCUT2D eigenvalue weighted by Gasteiger charge is 2.07. The number of hydrogen-bond acceptors (Lipinski definition) is 4. The van der Waals surface area contributed by atoms with Crippen LogP contribution in [-0.4, -0.2) is 29.2 Å². The van der Waals surface area contributed by atoms with Crippen LogP contribution in [-0.2, 0) is 17.8 Å². The second-order valence-corrected chi connectivity index (χ2v) is 4.97. The molecule has 0 atom stereocenters. The molecule has 0 aliphatic heterocycles. The molecular weight excluding hydrogens is 299 g/mol. The molecule has 2 rings (SSSR count). The second-order valence-electron chi connectivity index (χ2n) is 4.97. The van der Waals surface area contributed by atoms with Crippen molar-refractivity contribution < 1.29 is 19.0 Å². The van der Waals surface area contributed by atoms with Crippen LogP contribution in [0.1, 0.15) is 17.5 Å². The van der Waals surface area contributed by atoms with Crippen molar-refractivity contribution in [2.24, 2.45) is 0 Å². The van der Waals surface area contributed by atoms with Gasteiger partial charge in [0.05, 0.1) is 12.8 Å². The normalized spacial score (nSPS) is 10.3. The monoisotopic (exact) mass is 318 g/mol. The number of aromatic nitrogens is 1. The summed E-state index contributed by atoms with van der Waals surface area (Å²) >= 11 is 0. The van der Waals surface area contributed by atoms with Gasteiger partial charge in [0, 0.05) is 24.7 Å². The summed E-state index contributed by atoms with van der Waals surface area (Å²) in [4.78, 5) is 15.6. The van der Waals surface area contributed by atoms with Crippen molar-refractivity contribution in [1.29, 1.82) is 0 Å². The Morgan fingerprint density at radius 3 is 2.91 bits per heavy atom. The number of amides is 1. The Morgan fingerprint density at radius 1 is 1.30 bits per heavy atom. The molecule has 0 saturated carbocycles. The number of hydrogen-bond donors (Lipinski definition) is 2. The number of aliphatic hydroxyl groups is 1. The van der Waals surface area contributed by atoms with E-state index in [1.165, 1.54) is 6.07 Å². The number of aliphatic hydroxyl groups excluding tert-OH is 1. The van der Waals surface area contributed by atoms with Crippen molar-refractivity contribution in [3.8, 4) is 5.75 Å². The molecule has 23 heavy (non-hydrogen) atoms. The van der Waals surface area contributed by atoms with Crippen molar-refractivity contribution >= 4 is 5.91 Å². The Hall–Kier alpha value is -2.47. The van der Waals surface area contributed by atoms with Gasteiger partial charge in [-0.2, -0.15) is 0 Å². The van der Waals surface area contributed by atoms with E-state index < -0.39 is 5.82 Å². The lowest BCUT2D eigenvalue weighted by Gasteiger charge is -2.11. The van der Waals surface area contributed by atoms with Gasteiger partial charge in [-0.15, -0.1) is 0 Å². The van der Waals surface area contributed by atoms with E-state index in [1.807, 2.05) is 18.2 Å². The molecule has 0 fully saturated rings. The summed E-state index contributed by atoms with van der Waals surface area (Å²) < 4.78 is 18.4. The zero-order valence-corrected chi connectivity index (χ0v) is 12.7. The highest BCUT2D eigenvalue weighted by molar-refractivity contribution is 5.76. The summed E-state index contributed by atoms with van der Waals surface area (Å²) in [6.45, 7) is 0.474. The Morgan fingerprint density at radius 2 is 2.13 bits per heavy atom. The van der Waals surface area contributed by atoms with Crippen LogP contribution >= 0.6 is 0 Å². The number of rotatable bonds is 8. The molecule has 5 nitrogen and oxygen atoms in total. The molecule has 1 heterocycles. The van der Waals surface area contributed by atoms with Crippen molar-refractivity contribution in [2.75, 3.05) is 13.2 Å². The highest BCUT2D eigenvalue weighted by Crippen LogP contribution is 2.17. The summed E-state index contributed by atoms with van der Waals surface area (Å²) in [5.41, 5.74) is 1.52. The number of para-hydroxylation sites is 1. The maximum atomic E-state index is 13.0. The summed E-state index contributed by atoms with van der Waals surface area (Å²) in [5.74, 6) is 0.0975. The van der Waals surface area contributed by atoms with Gasteiger partial charge in [0.25, 0.3) is 0 Å². The average molecular weight is 318 g/mol. The van der Waals surface area contributed by atoms with Gasteiger partial charge in [-0.25, -0.2) is 4.39 Å². The van der Waals surface area contributed by atoms with Crippen LogP contribution in [0.2, 0.25) is 0 Å². The second kappa shape index (κ2) is 8.85. The van der Waals surface area contributed by atoms with E-state index in [0.717, 1.165) is 11.8 Å². The molecule has 6 heteroatoms. The first-order valence-corrected chi connectivity index (χ1v) is 7.36. The number of halogens is 1. The molecule has 1 amide bonds. The van der Waals surface area contributed by atoms with Crippen molar-refractivity contribution in [3.63, 3.8) is 0 Å². The molecule has 0 bridgehead atoms. The first kappa shape index (κ1) is 16.9. The number of benzene rings is 1. The average Bonchev–Trinajstić information content (AvgIpc) is 2.57. The zero-order chi connectivity index (χ0) is 16.5. The largest absolute Gasteiger partial charge is 0.491 e. The van der Waals surface area contributed by atoms with Crippen molar-refractivity contribution in [3.05, 3.63) is 59.7 Å². The van der Waals surface area contributed by atoms with E-state index in [1.54, 1.807) is 12.3 Å². The maximum absolute atomic E-state index is 13.0. The Labute approximate surface area is 134 Å². The van der Waals surface area contributed by atoms with Crippen LogP contribution in [0.25, 0.3) is 0 Å². The van der Waals surface area contributed by atoms with E-state index >= 15 is 0 Å². The fourth-order valence-electron chi connectivity index (χ4n) is 2.08. The Bertz CT molecular complexity index is 649. The smallest absolute Gasteiger partial charge is 0.220 e. The maximum Gasteiger partial charge on any atom is 0.220 e. The molecule has 0 aliphatic carbocycles. The SMILES string of the molecule is O=C(CCc1cncc(F)c1)NCc1ccccc1OCCO. The lowest BCUT2D eigenvalue weighted by molar-refractivity contribution is -0.121. The molecule has 0 unspecified atom stereocenters. The van der Waals surface area contributed by atoms with Gasteiger partial charge in [-0.3, -0.25) is 9.78 Å². The standard InChI is InChI=1S/C17H19FN2O3/c18-15-9-13(10-19-12-15)5-6-17(22)20-11-14-3-1-2-4-16(14)23-8-7-21/h1-4,9-10,12,21H,5-8,11H2,(H,20,22). The van der Waals surface area contributed by atoms with Gasteiger partial charge in [0.15, 0.2) is 0 Å². The molecule has 122 valence electrons. The van der Waals surface area contributed by atoms with Gasteiger partial charge >= 0.3 is 0 Å². The molecular formula is C17H19FN2O3. The van der Waals surface area contributed by atoms with E-state index in [9.17, 15) is 9.18 Å². The number of carbonyl (C=O) groups is 1. The molecule has 0 aliphatic rings. The number of aryl methyl sites for hydroxylation is 1. The van der Waals surface area contributed by atoms with Crippen LogP contribution in [0.3, 0.4) is 0 Å². The van der Waals surface area contributed by atoms with E-state index in [4.69, 9.17) is 9.84 Å². The Balaban J connectivity index is 1.82. The quantitative estimate of drug-likeness (QED) is 0.779. The molecule has 0 saturated heterocycles. The van der Waals surface area contributed by atoms with Gasteiger partial charge in [-0.05, 0) is 24.1 Å². The summed E-state index contributed by atoms with van der Waals surface area (Å²) in [5, 5.41) is 11.6. The predicted molar refractivity (Wildman–Crippen MR) is 83.4 cm³/mol. The lowest BCUT2D eigenvalue weighted by atomic mass is 10.1. The first-order chi connectivity index (χ1) is 11.2. The van der Waals surface area contributed by atoms with Crippen LogP contribution in [0.15, 0.2) is 42.7 Å². The van der Waals surface area contributed by atoms with E-state index in [0.29, 0.717) is 24.3 Å². The third-order valence-corrected chi connectivity index (χ3v) is 3.20. The Kier molecular flexibility index (Phi) is 6.50. The minimum Gasteiger partial charge on any atom is -0.491 e.